The summed E-state index contributed by atoms with van der Waals surface area (Å²) in [6.07, 6.45) is 3.14. The minimum atomic E-state index is 0.221. The Morgan fingerprint density at radius 2 is 2.11 bits per heavy atom. The fraction of sp³-hybridized carbons (Fsp3) is 0.429. The van der Waals surface area contributed by atoms with Crippen LogP contribution in [0.4, 0.5) is 0 Å². The molecule has 0 amide bonds. The van der Waals surface area contributed by atoms with Crippen molar-refractivity contribution in [2.24, 2.45) is 0 Å². The predicted octanol–water partition coefficient (Wildman–Crippen LogP) is 2.45. The van der Waals surface area contributed by atoms with Crippen molar-refractivity contribution in [3.05, 3.63) is 47.6 Å². The standard InChI is InChI=1S/C14H17N3O/c1-15-12(10-5-3-2-4-6-10)9-13-16-14(17-18-13)11-7-8-11/h2-6,11-12,15H,7-9H2,1H3. The van der Waals surface area contributed by atoms with Crippen LogP contribution < -0.4 is 5.32 Å². The van der Waals surface area contributed by atoms with Gasteiger partial charge in [0.15, 0.2) is 5.82 Å². The second-order valence-electron chi connectivity index (χ2n) is 4.78. The summed E-state index contributed by atoms with van der Waals surface area (Å²) in [6, 6.07) is 10.6. The molecule has 4 heteroatoms. The maximum Gasteiger partial charge on any atom is 0.228 e. The number of rotatable bonds is 5. The lowest BCUT2D eigenvalue weighted by molar-refractivity contribution is 0.358. The molecule has 94 valence electrons. The van der Waals surface area contributed by atoms with Crippen LogP contribution in [0.3, 0.4) is 0 Å². The second-order valence-corrected chi connectivity index (χ2v) is 4.78. The summed E-state index contributed by atoms with van der Waals surface area (Å²) in [4.78, 5) is 4.47. The maximum absolute atomic E-state index is 5.32. The SMILES string of the molecule is CNC(Cc1nc(C2CC2)no1)c1ccccc1. The molecule has 0 bridgehead atoms. The number of aromatic nitrogens is 2. The van der Waals surface area contributed by atoms with Crippen LogP contribution in [0.25, 0.3) is 0 Å². The summed E-state index contributed by atoms with van der Waals surface area (Å²) in [5.74, 6) is 2.15. The first-order chi connectivity index (χ1) is 8.86. The van der Waals surface area contributed by atoms with Gasteiger partial charge in [0.05, 0.1) is 0 Å². The van der Waals surface area contributed by atoms with Gasteiger partial charge in [-0.3, -0.25) is 0 Å². The Kier molecular flexibility index (Phi) is 3.11. The Balaban J connectivity index is 1.72. The van der Waals surface area contributed by atoms with Crippen molar-refractivity contribution in [1.29, 1.82) is 0 Å². The molecular weight excluding hydrogens is 226 g/mol. The molecule has 1 saturated carbocycles. The highest BCUT2D eigenvalue weighted by Crippen LogP contribution is 2.38. The van der Waals surface area contributed by atoms with Gasteiger partial charge in [-0.2, -0.15) is 4.98 Å². The summed E-state index contributed by atoms with van der Waals surface area (Å²) in [5.41, 5.74) is 1.24. The van der Waals surface area contributed by atoms with Crippen molar-refractivity contribution in [1.82, 2.24) is 15.5 Å². The van der Waals surface area contributed by atoms with Crippen molar-refractivity contribution in [2.45, 2.75) is 31.2 Å². The van der Waals surface area contributed by atoms with Gasteiger partial charge in [0.25, 0.3) is 0 Å². The van der Waals surface area contributed by atoms with Gasteiger partial charge in [0.1, 0.15) is 0 Å². The lowest BCUT2D eigenvalue weighted by atomic mass is 10.0. The van der Waals surface area contributed by atoms with E-state index in [0.717, 1.165) is 18.1 Å². The molecule has 1 aromatic carbocycles. The van der Waals surface area contributed by atoms with Crippen molar-refractivity contribution < 1.29 is 4.52 Å². The topological polar surface area (TPSA) is 51.0 Å². The number of nitrogens with zero attached hydrogens (tertiary/aromatic N) is 2. The van der Waals surface area contributed by atoms with E-state index in [0.29, 0.717) is 5.92 Å². The van der Waals surface area contributed by atoms with Gasteiger partial charge in [-0.25, -0.2) is 0 Å². The van der Waals surface area contributed by atoms with Crippen LogP contribution in [0.2, 0.25) is 0 Å². The van der Waals surface area contributed by atoms with Crippen molar-refractivity contribution >= 4 is 0 Å². The lowest BCUT2D eigenvalue weighted by Crippen LogP contribution is -2.18. The summed E-state index contributed by atoms with van der Waals surface area (Å²) >= 11 is 0. The third-order valence-electron chi connectivity index (χ3n) is 3.36. The lowest BCUT2D eigenvalue weighted by Gasteiger charge is -2.13. The largest absolute Gasteiger partial charge is 0.339 e. The summed E-state index contributed by atoms with van der Waals surface area (Å²) in [6.45, 7) is 0. The van der Waals surface area contributed by atoms with Crippen LogP contribution in [0.15, 0.2) is 34.9 Å². The van der Waals surface area contributed by atoms with E-state index in [1.54, 1.807) is 0 Å². The van der Waals surface area contributed by atoms with Crippen LogP contribution in [0.5, 0.6) is 0 Å². The first kappa shape index (κ1) is 11.4. The first-order valence-electron chi connectivity index (χ1n) is 6.41. The molecule has 1 unspecified atom stereocenters. The Labute approximate surface area is 106 Å². The molecule has 1 aliphatic rings. The van der Waals surface area contributed by atoms with E-state index in [-0.39, 0.29) is 6.04 Å². The van der Waals surface area contributed by atoms with E-state index in [9.17, 15) is 0 Å². The molecule has 1 aromatic heterocycles. The Bertz CT molecular complexity index is 505. The fourth-order valence-corrected chi connectivity index (χ4v) is 2.10. The highest BCUT2D eigenvalue weighted by atomic mass is 16.5. The van der Waals surface area contributed by atoms with Crippen LogP contribution in [-0.4, -0.2) is 17.2 Å². The Morgan fingerprint density at radius 3 is 2.78 bits per heavy atom. The average molecular weight is 243 g/mol. The summed E-state index contributed by atoms with van der Waals surface area (Å²) in [5, 5.41) is 7.34. The van der Waals surface area contributed by atoms with Crippen LogP contribution in [0, 0.1) is 0 Å². The van der Waals surface area contributed by atoms with Crippen molar-refractivity contribution in [3.8, 4) is 0 Å². The summed E-state index contributed by atoms with van der Waals surface area (Å²) in [7, 11) is 1.95. The molecule has 0 saturated heterocycles. The van der Waals surface area contributed by atoms with Gasteiger partial charge < -0.3 is 9.84 Å². The third-order valence-corrected chi connectivity index (χ3v) is 3.36. The van der Waals surface area contributed by atoms with Crippen molar-refractivity contribution in [3.63, 3.8) is 0 Å². The van der Waals surface area contributed by atoms with Gasteiger partial charge in [0.2, 0.25) is 5.89 Å². The first-order valence-corrected chi connectivity index (χ1v) is 6.41. The van der Waals surface area contributed by atoms with E-state index in [1.807, 2.05) is 25.2 Å². The molecule has 1 atom stereocenters. The van der Waals surface area contributed by atoms with Gasteiger partial charge >= 0.3 is 0 Å². The molecule has 0 aliphatic heterocycles. The minimum absolute atomic E-state index is 0.221. The van der Waals surface area contributed by atoms with E-state index < -0.39 is 0 Å². The van der Waals surface area contributed by atoms with E-state index >= 15 is 0 Å². The number of likely N-dealkylation sites (N-methyl/N-ethyl adjacent to an activating group) is 1. The van der Waals surface area contributed by atoms with E-state index in [4.69, 9.17) is 4.52 Å². The summed E-state index contributed by atoms with van der Waals surface area (Å²) < 4.78 is 5.32. The molecule has 1 N–H and O–H groups in total. The van der Waals surface area contributed by atoms with E-state index in [1.165, 1.54) is 18.4 Å². The molecule has 2 aromatic rings. The molecule has 1 fully saturated rings. The molecule has 4 nitrogen and oxygen atoms in total. The fourth-order valence-electron chi connectivity index (χ4n) is 2.10. The highest BCUT2D eigenvalue weighted by Gasteiger charge is 2.29. The van der Waals surface area contributed by atoms with Gasteiger partial charge in [-0.1, -0.05) is 35.5 Å². The zero-order valence-electron chi connectivity index (χ0n) is 10.5. The smallest absolute Gasteiger partial charge is 0.228 e. The van der Waals surface area contributed by atoms with E-state index in [2.05, 4.69) is 27.6 Å². The second kappa shape index (κ2) is 4.90. The van der Waals surface area contributed by atoms with Crippen LogP contribution in [0.1, 0.15) is 42.1 Å². The molecular formula is C14H17N3O. The van der Waals surface area contributed by atoms with Crippen LogP contribution >= 0.6 is 0 Å². The predicted molar refractivity (Wildman–Crippen MR) is 68.2 cm³/mol. The molecule has 0 spiro atoms. The zero-order valence-corrected chi connectivity index (χ0v) is 10.5. The van der Waals surface area contributed by atoms with Crippen LogP contribution in [-0.2, 0) is 6.42 Å². The molecule has 0 radical (unpaired) electrons. The monoisotopic (exact) mass is 243 g/mol. The molecule has 3 rings (SSSR count). The third kappa shape index (κ3) is 2.43. The highest BCUT2D eigenvalue weighted by molar-refractivity contribution is 5.19. The number of hydrogen-bond donors (Lipinski definition) is 1. The number of nitrogens with one attached hydrogen (secondary N) is 1. The minimum Gasteiger partial charge on any atom is -0.339 e. The van der Waals surface area contributed by atoms with Crippen molar-refractivity contribution in [2.75, 3.05) is 7.05 Å². The Hall–Kier alpha value is -1.68. The molecule has 1 heterocycles. The maximum atomic E-state index is 5.32. The van der Waals surface area contributed by atoms with Gasteiger partial charge in [-0.05, 0) is 25.5 Å². The van der Waals surface area contributed by atoms with Gasteiger partial charge in [0, 0.05) is 18.4 Å². The normalized spacial score (nSPS) is 16.7. The number of hydrogen-bond acceptors (Lipinski definition) is 4. The molecule has 18 heavy (non-hydrogen) atoms. The molecule has 1 aliphatic carbocycles. The Morgan fingerprint density at radius 1 is 1.33 bits per heavy atom. The van der Waals surface area contributed by atoms with Gasteiger partial charge in [-0.15, -0.1) is 0 Å². The number of benzene rings is 1. The zero-order chi connectivity index (χ0) is 12.4. The average Bonchev–Trinajstić information content (AvgIpc) is 3.17. The quantitative estimate of drug-likeness (QED) is 0.876.